The van der Waals surface area contributed by atoms with Gasteiger partial charge in [-0.1, -0.05) is 11.8 Å². The first-order valence-electron chi connectivity index (χ1n) is 5.75. The van der Waals surface area contributed by atoms with Crippen molar-refractivity contribution in [3.63, 3.8) is 0 Å². The van der Waals surface area contributed by atoms with E-state index in [2.05, 4.69) is 15.5 Å². The maximum absolute atomic E-state index is 10.9. The van der Waals surface area contributed by atoms with E-state index in [1.165, 1.54) is 11.8 Å². The zero-order valence-corrected chi connectivity index (χ0v) is 11.2. The summed E-state index contributed by atoms with van der Waals surface area (Å²) in [7, 11) is 0. The van der Waals surface area contributed by atoms with Crippen molar-refractivity contribution < 1.29 is 9.90 Å². The first kappa shape index (κ1) is 13.2. The Kier molecular flexibility index (Phi) is 3.49. The van der Waals surface area contributed by atoms with Crippen LogP contribution in [0, 0.1) is 0 Å². The third-order valence-electron chi connectivity index (χ3n) is 2.88. The molecule has 1 aromatic heterocycles. The highest BCUT2D eigenvalue weighted by Gasteiger charge is 2.41. The van der Waals surface area contributed by atoms with E-state index < -0.39 is 5.97 Å². The van der Waals surface area contributed by atoms with Crippen molar-refractivity contribution in [2.45, 2.75) is 36.2 Å². The van der Waals surface area contributed by atoms with Crippen molar-refractivity contribution in [2.75, 3.05) is 18.8 Å². The maximum Gasteiger partial charge on any atom is 0.304 e. The van der Waals surface area contributed by atoms with Crippen LogP contribution >= 0.6 is 11.8 Å². The number of nitrogens with one attached hydrogen (secondary N) is 1. The molecule has 2 heterocycles. The van der Waals surface area contributed by atoms with Crippen LogP contribution in [-0.2, 0) is 4.79 Å². The lowest BCUT2D eigenvalue weighted by Gasteiger charge is -2.40. The van der Waals surface area contributed by atoms with Gasteiger partial charge in [0.05, 0.1) is 11.2 Å². The molecule has 8 heteroatoms. The largest absolute Gasteiger partial charge is 0.481 e. The highest BCUT2D eigenvalue weighted by Crippen LogP contribution is 2.39. The smallest absolute Gasteiger partial charge is 0.304 e. The van der Waals surface area contributed by atoms with Gasteiger partial charge in [-0.05, 0) is 13.8 Å². The molecule has 0 bridgehead atoms. The van der Waals surface area contributed by atoms with Crippen LogP contribution < -0.4 is 11.1 Å². The molecule has 18 heavy (non-hydrogen) atoms. The fourth-order valence-electron chi connectivity index (χ4n) is 1.95. The SMILES string of the molecule is CC(C)n1c(N)nnc1SC1(CC(=O)O)CNC1. The minimum atomic E-state index is -0.799. The van der Waals surface area contributed by atoms with Crippen molar-refractivity contribution in [3.05, 3.63) is 0 Å². The van der Waals surface area contributed by atoms with Gasteiger partial charge in [-0.3, -0.25) is 9.36 Å². The Balaban J connectivity index is 2.20. The molecule has 0 saturated carbocycles. The molecule has 0 amide bonds. The molecule has 100 valence electrons. The Hall–Kier alpha value is -1.28. The van der Waals surface area contributed by atoms with Crippen LogP contribution in [0.5, 0.6) is 0 Å². The molecule has 0 spiro atoms. The third kappa shape index (κ3) is 2.44. The molecule has 7 nitrogen and oxygen atoms in total. The fraction of sp³-hybridized carbons (Fsp3) is 0.700. The average molecular weight is 271 g/mol. The summed E-state index contributed by atoms with van der Waals surface area (Å²) < 4.78 is 1.49. The molecule has 1 fully saturated rings. The number of nitrogens with zero attached hydrogens (tertiary/aromatic N) is 3. The first-order chi connectivity index (χ1) is 8.43. The molecule has 0 atom stereocenters. The van der Waals surface area contributed by atoms with Crippen molar-refractivity contribution in [3.8, 4) is 0 Å². The van der Waals surface area contributed by atoms with Crippen LogP contribution in [0.3, 0.4) is 0 Å². The lowest BCUT2D eigenvalue weighted by atomic mass is 9.98. The number of hydrogen-bond acceptors (Lipinski definition) is 6. The Morgan fingerprint density at radius 2 is 2.28 bits per heavy atom. The van der Waals surface area contributed by atoms with Crippen LogP contribution in [0.25, 0.3) is 0 Å². The maximum atomic E-state index is 10.9. The normalized spacial score (nSPS) is 17.7. The Labute approximate surface area is 109 Å². The van der Waals surface area contributed by atoms with Crippen LogP contribution in [0.1, 0.15) is 26.3 Å². The second-order valence-electron chi connectivity index (χ2n) is 4.76. The lowest BCUT2D eigenvalue weighted by Crippen LogP contribution is -2.58. The topological polar surface area (TPSA) is 106 Å². The van der Waals surface area contributed by atoms with Crippen LogP contribution in [0.15, 0.2) is 5.16 Å². The van der Waals surface area contributed by atoms with E-state index in [1.54, 1.807) is 0 Å². The molecule has 0 aromatic carbocycles. The second kappa shape index (κ2) is 4.77. The monoisotopic (exact) mass is 271 g/mol. The summed E-state index contributed by atoms with van der Waals surface area (Å²) in [6.07, 6.45) is 0.107. The van der Waals surface area contributed by atoms with E-state index in [-0.39, 0.29) is 17.2 Å². The molecular weight excluding hydrogens is 254 g/mol. The number of anilines is 1. The lowest BCUT2D eigenvalue weighted by molar-refractivity contribution is -0.138. The summed E-state index contributed by atoms with van der Waals surface area (Å²) in [5.74, 6) is -0.433. The van der Waals surface area contributed by atoms with Crippen molar-refractivity contribution in [2.24, 2.45) is 0 Å². The number of carbonyl (C=O) groups is 1. The number of hydrogen-bond donors (Lipinski definition) is 3. The van der Waals surface area contributed by atoms with Gasteiger partial charge in [-0.25, -0.2) is 0 Å². The van der Waals surface area contributed by atoms with E-state index in [4.69, 9.17) is 10.8 Å². The van der Waals surface area contributed by atoms with Gasteiger partial charge in [0, 0.05) is 19.1 Å². The number of aromatic nitrogens is 3. The van der Waals surface area contributed by atoms with Gasteiger partial charge in [0.2, 0.25) is 5.95 Å². The fourth-order valence-corrected chi connectivity index (χ4v) is 3.37. The number of thioether (sulfide) groups is 1. The number of carboxylic acid groups (broad SMARTS) is 1. The highest BCUT2D eigenvalue weighted by atomic mass is 32.2. The molecule has 1 aliphatic heterocycles. The van der Waals surface area contributed by atoms with Crippen LogP contribution in [0.4, 0.5) is 5.95 Å². The van der Waals surface area contributed by atoms with Gasteiger partial charge in [0.25, 0.3) is 0 Å². The van der Waals surface area contributed by atoms with Crippen molar-refractivity contribution in [1.82, 2.24) is 20.1 Å². The molecule has 0 aliphatic carbocycles. The van der Waals surface area contributed by atoms with Crippen LogP contribution in [-0.4, -0.2) is 43.7 Å². The number of rotatable bonds is 5. The summed E-state index contributed by atoms with van der Waals surface area (Å²) in [6, 6.07) is 0.150. The summed E-state index contributed by atoms with van der Waals surface area (Å²) in [5, 5.41) is 20.7. The number of carboxylic acids is 1. The summed E-state index contributed by atoms with van der Waals surface area (Å²) in [5.41, 5.74) is 5.77. The van der Waals surface area contributed by atoms with Gasteiger partial charge >= 0.3 is 5.97 Å². The summed E-state index contributed by atoms with van der Waals surface area (Å²) in [6.45, 7) is 5.31. The summed E-state index contributed by atoms with van der Waals surface area (Å²) >= 11 is 1.45. The Morgan fingerprint density at radius 1 is 1.61 bits per heavy atom. The minimum absolute atomic E-state index is 0.107. The Bertz CT molecular complexity index is 455. The van der Waals surface area contributed by atoms with E-state index in [0.717, 1.165) is 0 Å². The van der Waals surface area contributed by atoms with Gasteiger partial charge in [0.15, 0.2) is 5.16 Å². The van der Waals surface area contributed by atoms with E-state index in [0.29, 0.717) is 24.2 Å². The molecule has 1 saturated heterocycles. The predicted octanol–water partition coefficient (Wildman–Crippen LogP) is 0.350. The number of nitrogens with two attached hydrogens (primary N) is 1. The molecule has 1 aliphatic rings. The first-order valence-corrected chi connectivity index (χ1v) is 6.57. The number of nitrogen functional groups attached to an aromatic ring is 1. The number of aliphatic carboxylic acids is 1. The van der Waals surface area contributed by atoms with Crippen LogP contribution in [0.2, 0.25) is 0 Å². The molecule has 0 unspecified atom stereocenters. The second-order valence-corrected chi connectivity index (χ2v) is 6.20. The Morgan fingerprint density at radius 3 is 2.72 bits per heavy atom. The van der Waals surface area contributed by atoms with Crippen molar-refractivity contribution >= 4 is 23.7 Å². The van der Waals surface area contributed by atoms with E-state index in [1.807, 2.05) is 18.4 Å². The molecular formula is C10H17N5O2S. The van der Waals surface area contributed by atoms with E-state index in [9.17, 15) is 4.79 Å². The quantitative estimate of drug-likeness (QED) is 0.709. The van der Waals surface area contributed by atoms with Gasteiger partial charge in [-0.15, -0.1) is 10.2 Å². The summed E-state index contributed by atoms with van der Waals surface area (Å²) in [4.78, 5) is 10.9. The van der Waals surface area contributed by atoms with Crippen molar-refractivity contribution in [1.29, 1.82) is 0 Å². The van der Waals surface area contributed by atoms with Gasteiger partial charge in [-0.2, -0.15) is 0 Å². The standard InChI is InChI=1S/C10H17N5O2S/c1-6(2)15-8(11)13-14-9(15)18-10(3-7(16)17)4-12-5-10/h6,12H,3-5H2,1-2H3,(H2,11,13)(H,16,17). The molecule has 0 radical (unpaired) electrons. The molecule has 4 N–H and O–H groups in total. The molecule has 2 rings (SSSR count). The third-order valence-corrected chi connectivity index (χ3v) is 4.21. The highest BCUT2D eigenvalue weighted by molar-refractivity contribution is 8.00. The zero-order valence-electron chi connectivity index (χ0n) is 10.4. The van der Waals surface area contributed by atoms with E-state index >= 15 is 0 Å². The zero-order chi connectivity index (χ0) is 13.3. The van der Waals surface area contributed by atoms with Gasteiger partial charge in [0.1, 0.15) is 0 Å². The minimum Gasteiger partial charge on any atom is -0.481 e. The average Bonchev–Trinajstić information content (AvgIpc) is 2.55. The molecule has 1 aromatic rings. The predicted molar refractivity (Wildman–Crippen MR) is 68.5 cm³/mol. The van der Waals surface area contributed by atoms with Gasteiger partial charge < -0.3 is 16.2 Å².